The normalized spacial score (nSPS) is 99.0. The van der Waals surface area contributed by atoms with Gasteiger partial charge in [0.15, 0.2) is 0 Å². The zero-order chi connectivity index (χ0) is 12.7. The summed E-state index contributed by atoms with van der Waals surface area (Å²) in [6, 6.07) is 0. The molecule has 0 radical (unpaired) electrons. The topological polar surface area (TPSA) is 20.2 Å². The Kier molecular flexibility index (Phi) is 0.914. The molecule has 0 bridgehead atoms. The Morgan fingerprint density at radius 1 is 0.524 bits per heavy atom. The van der Waals surface area contributed by atoms with E-state index < -0.39 is 0 Å². The zero-order valence-corrected chi connectivity index (χ0v) is 12.2. The minimum atomic E-state index is -0.136. The molecule has 0 spiro atoms. The molecule has 1 nitrogen and oxygen atoms in total. The lowest BCUT2D eigenvalue weighted by molar-refractivity contribution is -0.0840. The lowest BCUT2D eigenvalue weighted by Gasteiger charge is -2.41. The minimum Gasteiger partial charge on any atom is -0.389 e. The van der Waals surface area contributed by atoms with Crippen LogP contribution in [-0.2, 0) is 0 Å². The largest absolute Gasteiger partial charge is 0.389 e. The maximum absolute atomic E-state index is 12.1. The first-order valence-corrected chi connectivity index (χ1v) is 10.1. The van der Waals surface area contributed by atoms with Crippen LogP contribution in [0.2, 0.25) is 0 Å². The number of rotatable bonds is 0. The molecule has 0 aromatic heterocycles. The van der Waals surface area contributed by atoms with Crippen molar-refractivity contribution in [3.05, 3.63) is 0 Å². The molecule has 0 amide bonds. The van der Waals surface area contributed by atoms with Crippen molar-refractivity contribution in [2.24, 2.45) is 101 Å². The SMILES string of the molecule is OC12C3CC4C5C6CC1C1C6C6C5C5C4C3C3C5C6C1C32. The van der Waals surface area contributed by atoms with Gasteiger partial charge in [-0.2, -0.15) is 0 Å². The average molecular weight is 278 g/mol. The minimum absolute atomic E-state index is 0.136. The predicted molar refractivity (Wildman–Crippen MR) is 73.5 cm³/mol. The van der Waals surface area contributed by atoms with E-state index in [9.17, 15) is 5.11 Å². The fourth-order valence-corrected chi connectivity index (χ4v) is 14.1. The summed E-state index contributed by atoms with van der Waals surface area (Å²) in [5.41, 5.74) is -0.136. The van der Waals surface area contributed by atoms with Crippen molar-refractivity contribution in [1.29, 1.82) is 0 Å². The second-order valence-electron chi connectivity index (χ2n) is 11.4. The molecule has 1 N–H and O–H groups in total. The molecular formula is C20H22O. The third-order valence-electron chi connectivity index (χ3n) is 12.7. The first-order valence-electron chi connectivity index (χ1n) is 10.1. The summed E-state index contributed by atoms with van der Waals surface area (Å²) in [4.78, 5) is 0. The van der Waals surface area contributed by atoms with Crippen molar-refractivity contribution in [2.45, 2.75) is 18.4 Å². The van der Waals surface area contributed by atoms with E-state index in [1.807, 2.05) is 0 Å². The fourth-order valence-electron chi connectivity index (χ4n) is 14.1. The Morgan fingerprint density at radius 2 is 1.00 bits per heavy atom. The molecule has 21 heavy (non-hydrogen) atoms. The Bertz CT molecular complexity index is 635. The van der Waals surface area contributed by atoms with Crippen LogP contribution < -0.4 is 0 Å². The van der Waals surface area contributed by atoms with Crippen LogP contribution in [0.3, 0.4) is 0 Å². The summed E-state index contributed by atoms with van der Waals surface area (Å²) in [5.74, 6) is 18.0. The number of fused-ring (bicyclic) bond motifs is 4. The maximum atomic E-state index is 12.1. The predicted octanol–water partition coefficient (Wildman–Crippen LogP) is 2.11. The molecule has 0 saturated heterocycles. The number of hydrogen-bond donors (Lipinski definition) is 1. The summed E-state index contributed by atoms with van der Waals surface area (Å²) in [6.45, 7) is 0. The summed E-state index contributed by atoms with van der Waals surface area (Å²) in [5, 5.41) is 12.1. The Labute approximate surface area is 124 Å². The molecule has 0 heterocycles. The molecule has 14 atom stereocenters. The Morgan fingerprint density at radius 3 is 1.57 bits per heavy atom. The standard InChI is InChI=1S/C20H22O/c21-20-5-1-3-7-4-2-6(20)11-9(4)14-12(7)13-8(3)10(5)17-15(13)16(14)18(11)19(17)20/h3-19,21H,1-2H2. The highest BCUT2D eigenvalue weighted by atomic mass is 16.3. The summed E-state index contributed by atoms with van der Waals surface area (Å²) in [7, 11) is 0. The highest BCUT2D eigenvalue weighted by Crippen LogP contribution is 2.97. The third-order valence-corrected chi connectivity index (χ3v) is 12.7. The molecule has 1 heteroatoms. The van der Waals surface area contributed by atoms with Crippen molar-refractivity contribution < 1.29 is 5.11 Å². The molecule has 14 unspecified atom stereocenters. The van der Waals surface area contributed by atoms with Gasteiger partial charge < -0.3 is 5.11 Å². The highest BCUT2D eigenvalue weighted by Gasteiger charge is 2.95. The molecule has 10 saturated carbocycles. The van der Waals surface area contributed by atoms with Gasteiger partial charge in [-0.3, -0.25) is 0 Å². The molecule has 10 aliphatic rings. The lowest BCUT2D eigenvalue weighted by atomic mass is 9.68. The fraction of sp³-hybridized carbons (Fsp3) is 1.00. The van der Waals surface area contributed by atoms with Crippen LogP contribution in [-0.4, -0.2) is 10.7 Å². The van der Waals surface area contributed by atoms with E-state index in [4.69, 9.17) is 0 Å². The number of aliphatic hydroxyl groups is 1. The van der Waals surface area contributed by atoms with Crippen LogP contribution in [0.4, 0.5) is 0 Å². The summed E-state index contributed by atoms with van der Waals surface area (Å²) in [6.07, 6.45) is 2.97. The van der Waals surface area contributed by atoms with Crippen LogP contribution >= 0.6 is 0 Å². The smallest absolute Gasteiger partial charge is 0.0743 e. The van der Waals surface area contributed by atoms with Crippen LogP contribution in [0, 0.1) is 101 Å². The van der Waals surface area contributed by atoms with Gasteiger partial charge in [0.05, 0.1) is 5.60 Å². The van der Waals surface area contributed by atoms with E-state index in [1.165, 1.54) is 36.5 Å². The van der Waals surface area contributed by atoms with E-state index in [0.29, 0.717) is 0 Å². The van der Waals surface area contributed by atoms with Gasteiger partial charge in [0, 0.05) is 0 Å². The second-order valence-corrected chi connectivity index (χ2v) is 11.4. The van der Waals surface area contributed by atoms with Gasteiger partial charge in [0.2, 0.25) is 0 Å². The first kappa shape index (κ1) is 9.30. The van der Waals surface area contributed by atoms with Crippen LogP contribution in [0.5, 0.6) is 0 Å². The van der Waals surface area contributed by atoms with E-state index in [-0.39, 0.29) is 5.60 Å². The van der Waals surface area contributed by atoms with Crippen molar-refractivity contribution in [1.82, 2.24) is 0 Å². The molecule has 0 aromatic carbocycles. The van der Waals surface area contributed by atoms with Crippen LogP contribution in [0.25, 0.3) is 0 Å². The Balaban J connectivity index is 1.50. The van der Waals surface area contributed by atoms with Crippen molar-refractivity contribution in [3.8, 4) is 0 Å². The molecule has 108 valence electrons. The van der Waals surface area contributed by atoms with Gasteiger partial charge >= 0.3 is 0 Å². The lowest BCUT2D eigenvalue weighted by Crippen LogP contribution is -2.46. The summed E-state index contributed by atoms with van der Waals surface area (Å²) < 4.78 is 0. The van der Waals surface area contributed by atoms with E-state index in [2.05, 4.69) is 0 Å². The molecule has 10 aliphatic carbocycles. The number of hydrogen-bond acceptors (Lipinski definition) is 1. The zero-order valence-electron chi connectivity index (χ0n) is 12.2. The molecular weight excluding hydrogens is 256 g/mol. The molecule has 0 aliphatic heterocycles. The van der Waals surface area contributed by atoms with Gasteiger partial charge in [0.1, 0.15) is 0 Å². The quantitative estimate of drug-likeness (QED) is 0.719. The first-order chi connectivity index (χ1) is 10.3. The van der Waals surface area contributed by atoms with Gasteiger partial charge in [-0.1, -0.05) is 0 Å². The van der Waals surface area contributed by atoms with E-state index in [1.54, 1.807) is 0 Å². The Hall–Kier alpha value is -0.0400. The monoisotopic (exact) mass is 278 g/mol. The van der Waals surface area contributed by atoms with Gasteiger partial charge in [-0.15, -0.1) is 0 Å². The van der Waals surface area contributed by atoms with E-state index >= 15 is 0 Å². The van der Waals surface area contributed by atoms with Gasteiger partial charge in [-0.05, 0) is 113 Å². The highest BCUT2D eigenvalue weighted by molar-refractivity contribution is 5.42. The van der Waals surface area contributed by atoms with Crippen LogP contribution in [0.15, 0.2) is 0 Å². The van der Waals surface area contributed by atoms with Crippen LogP contribution in [0.1, 0.15) is 12.8 Å². The molecule has 10 fully saturated rings. The molecule has 10 rings (SSSR count). The maximum Gasteiger partial charge on any atom is 0.0743 e. The van der Waals surface area contributed by atoms with Crippen molar-refractivity contribution in [3.63, 3.8) is 0 Å². The summed E-state index contributed by atoms with van der Waals surface area (Å²) >= 11 is 0. The second kappa shape index (κ2) is 2.06. The third kappa shape index (κ3) is 0.496. The van der Waals surface area contributed by atoms with Gasteiger partial charge in [0.25, 0.3) is 0 Å². The van der Waals surface area contributed by atoms with Gasteiger partial charge in [-0.25, -0.2) is 0 Å². The van der Waals surface area contributed by atoms with Crippen molar-refractivity contribution in [2.75, 3.05) is 0 Å². The molecule has 0 aromatic rings. The van der Waals surface area contributed by atoms with Crippen molar-refractivity contribution >= 4 is 0 Å². The van der Waals surface area contributed by atoms with E-state index in [0.717, 1.165) is 76.9 Å². The average Bonchev–Trinajstić information content (AvgIpc) is 3.11.